The Balaban J connectivity index is 1.65. The summed E-state index contributed by atoms with van der Waals surface area (Å²) in [6.45, 7) is 3.42. The number of aromatic amines is 1. The summed E-state index contributed by atoms with van der Waals surface area (Å²) in [4.78, 5) is 21.0. The number of aryl methyl sites for hydroxylation is 1. The summed E-state index contributed by atoms with van der Waals surface area (Å²) in [7, 11) is 0. The van der Waals surface area contributed by atoms with E-state index in [1.165, 1.54) is 18.3 Å². The monoisotopic (exact) mass is 375 g/mol. The van der Waals surface area contributed by atoms with E-state index in [4.69, 9.17) is 0 Å². The van der Waals surface area contributed by atoms with Crippen molar-refractivity contribution in [2.75, 3.05) is 5.32 Å². The van der Waals surface area contributed by atoms with Gasteiger partial charge in [-0.15, -0.1) is 0 Å². The van der Waals surface area contributed by atoms with Crippen LogP contribution >= 0.6 is 11.3 Å². The second-order valence-electron chi connectivity index (χ2n) is 6.07. The highest BCUT2D eigenvalue weighted by Crippen LogP contribution is 2.34. The number of anilines is 1. The molecule has 1 aromatic carbocycles. The number of thiazole rings is 1. The van der Waals surface area contributed by atoms with E-state index < -0.39 is 0 Å². The van der Waals surface area contributed by atoms with Gasteiger partial charge < -0.3 is 5.32 Å². The first kappa shape index (κ1) is 17.1. The molecule has 0 radical (unpaired) electrons. The fourth-order valence-corrected chi connectivity index (χ4v) is 3.83. The van der Waals surface area contributed by atoms with E-state index in [0.29, 0.717) is 5.13 Å². The van der Waals surface area contributed by atoms with Crippen molar-refractivity contribution in [1.82, 2.24) is 20.2 Å². The lowest BCUT2D eigenvalue weighted by molar-refractivity contribution is -0.114. The Morgan fingerprint density at radius 2 is 2.11 bits per heavy atom. The molecule has 0 aliphatic carbocycles. The zero-order valence-electron chi connectivity index (χ0n) is 14.9. The average Bonchev–Trinajstić information content (AvgIpc) is 3.23. The van der Waals surface area contributed by atoms with Gasteiger partial charge in [-0.2, -0.15) is 5.10 Å². The van der Waals surface area contributed by atoms with Gasteiger partial charge in [0.25, 0.3) is 0 Å². The molecule has 4 rings (SSSR count). The number of carbonyl (C=O) groups is 1. The molecule has 4 aromatic rings. The van der Waals surface area contributed by atoms with Crippen molar-refractivity contribution in [3.05, 3.63) is 59.7 Å². The van der Waals surface area contributed by atoms with Gasteiger partial charge in [-0.05, 0) is 48.9 Å². The number of rotatable bonds is 4. The lowest BCUT2D eigenvalue weighted by Gasteiger charge is -1.99. The first-order valence-electron chi connectivity index (χ1n) is 8.43. The van der Waals surface area contributed by atoms with Gasteiger partial charge in [0.15, 0.2) is 5.13 Å². The average molecular weight is 375 g/mol. The molecule has 0 saturated heterocycles. The lowest BCUT2D eigenvalue weighted by Crippen LogP contribution is -2.04. The van der Waals surface area contributed by atoms with Gasteiger partial charge in [0.05, 0.1) is 27.5 Å². The molecular formula is C20H17N5OS. The molecule has 7 heteroatoms. The topological polar surface area (TPSA) is 83.6 Å². The molecule has 0 unspecified atom stereocenters. The highest BCUT2D eigenvalue weighted by atomic mass is 32.1. The number of hydrogen-bond donors (Lipinski definition) is 2. The molecule has 0 saturated carbocycles. The number of fused-ring (bicyclic) bond motifs is 1. The van der Waals surface area contributed by atoms with Gasteiger partial charge in [0.2, 0.25) is 5.91 Å². The fraction of sp³-hybridized carbons (Fsp3) is 0.100. The quantitative estimate of drug-likeness (QED) is 0.549. The van der Waals surface area contributed by atoms with E-state index >= 15 is 0 Å². The van der Waals surface area contributed by atoms with Crippen molar-refractivity contribution in [2.45, 2.75) is 13.8 Å². The largest absolute Gasteiger partial charge is 0.302 e. The minimum absolute atomic E-state index is 0.122. The smallest absolute Gasteiger partial charge is 0.223 e. The molecule has 1 amide bonds. The number of nitrogens with zero attached hydrogens (tertiary/aromatic N) is 3. The Hall–Kier alpha value is -3.32. The number of pyridine rings is 1. The van der Waals surface area contributed by atoms with Crippen molar-refractivity contribution in [2.24, 2.45) is 0 Å². The molecular weight excluding hydrogens is 358 g/mol. The number of amides is 1. The Morgan fingerprint density at radius 1 is 1.22 bits per heavy atom. The molecule has 27 heavy (non-hydrogen) atoms. The SMILES string of the molecule is CC(=O)Nc1nc(C)c(-c2ccc3c(C=Cc4ccccn4)n[nH]c3c2)s1. The highest BCUT2D eigenvalue weighted by molar-refractivity contribution is 7.19. The molecule has 134 valence electrons. The highest BCUT2D eigenvalue weighted by Gasteiger charge is 2.12. The van der Waals surface area contributed by atoms with Gasteiger partial charge in [0, 0.05) is 18.5 Å². The molecule has 0 bridgehead atoms. The van der Waals surface area contributed by atoms with Gasteiger partial charge >= 0.3 is 0 Å². The molecule has 6 nitrogen and oxygen atoms in total. The molecule has 3 aromatic heterocycles. The van der Waals surface area contributed by atoms with E-state index in [9.17, 15) is 4.79 Å². The Labute approximate surface area is 160 Å². The molecule has 0 spiro atoms. The minimum atomic E-state index is -0.122. The minimum Gasteiger partial charge on any atom is -0.302 e. The van der Waals surface area contributed by atoms with E-state index in [2.05, 4.69) is 31.5 Å². The summed E-state index contributed by atoms with van der Waals surface area (Å²) in [5, 5.41) is 11.9. The van der Waals surface area contributed by atoms with Crippen molar-refractivity contribution in [3.8, 4) is 10.4 Å². The summed E-state index contributed by atoms with van der Waals surface area (Å²) >= 11 is 1.46. The van der Waals surface area contributed by atoms with Crippen LogP contribution in [0.2, 0.25) is 0 Å². The van der Waals surface area contributed by atoms with Gasteiger partial charge in [-0.1, -0.05) is 23.5 Å². The van der Waals surface area contributed by atoms with Gasteiger partial charge in [-0.25, -0.2) is 4.98 Å². The Morgan fingerprint density at radius 3 is 2.89 bits per heavy atom. The molecule has 3 heterocycles. The van der Waals surface area contributed by atoms with Crippen molar-refractivity contribution in [1.29, 1.82) is 0 Å². The van der Waals surface area contributed by atoms with Gasteiger partial charge in [-0.3, -0.25) is 14.9 Å². The van der Waals surface area contributed by atoms with E-state index in [1.54, 1.807) is 6.20 Å². The Bertz CT molecular complexity index is 1140. The third-order valence-corrected chi connectivity index (χ3v) is 5.16. The lowest BCUT2D eigenvalue weighted by atomic mass is 10.1. The van der Waals surface area contributed by atoms with Crippen LogP contribution in [0.1, 0.15) is 24.0 Å². The number of carbonyl (C=O) groups excluding carboxylic acids is 1. The molecule has 0 aliphatic rings. The third-order valence-electron chi connectivity index (χ3n) is 4.03. The second kappa shape index (κ2) is 7.13. The maximum absolute atomic E-state index is 11.2. The summed E-state index contributed by atoms with van der Waals surface area (Å²) in [5.74, 6) is -0.122. The Kier molecular flexibility index (Phi) is 4.52. The van der Waals surface area contributed by atoms with Crippen LogP contribution in [0.25, 0.3) is 33.5 Å². The van der Waals surface area contributed by atoms with Crippen LogP contribution in [0.15, 0.2) is 42.6 Å². The summed E-state index contributed by atoms with van der Waals surface area (Å²) in [6.07, 6.45) is 5.66. The van der Waals surface area contributed by atoms with Crippen LogP contribution in [0, 0.1) is 6.92 Å². The maximum Gasteiger partial charge on any atom is 0.223 e. The zero-order valence-corrected chi connectivity index (χ0v) is 15.7. The number of hydrogen-bond acceptors (Lipinski definition) is 5. The number of H-pyrrole nitrogens is 1. The normalized spacial score (nSPS) is 11.3. The van der Waals surface area contributed by atoms with Crippen molar-refractivity contribution in [3.63, 3.8) is 0 Å². The van der Waals surface area contributed by atoms with E-state index in [0.717, 1.165) is 38.4 Å². The zero-order chi connectivity index (χ0) is 18.8. The van der Waals surface area contributed by atoms with Crippen LogP contribution in [0.4, 0.5) is 5.13 Å². The standard InChI is InChI=1S/C20H17N5OS/c1-12-19(27-20(22-12)23-13(2)26)14-6-8-16-17(24-25-18(16)11-14)9-7-15-5-3-4-10-21-15/h3-11H,1-2H3,(H,24,25)(H,22,23,26). The second-order valence-corrected chi connectivity index (χ2v) is 7.07. The van der Waals surface area contributed by atoms with E-state index in [-0.39, 0.29) is 5.91 Å². The molecule has 0 aliphatic heterocycles. The van der Waals surface area contributed by atoms with Crippen LogP contribution < -0.4 is 5.32 Å². The molecule has 0 atom stereocenters. The first-order valence-corrected chi connectivity index (χ1v) is 9.24. The summed E-state index contributed by atoms with van der Waals surface area (Å²) in [5.41, 5.74) is 4.62. The van der Waals surface area contributed by atoms with Crippen LogP contribution in [-0.2, 0) is 4.79 Å². The van der Waals surface area contributed by atoms with E-state index in [1.807, 2.05) is 49.4 Å². The number of benzene rings is 1. The third kappa shape index (κ3) is 3.63. The predicted molar refractivity (Wildman–Crippen MR) is 109 cm³/mol. The van der Waals surface area contributed by atoms with Crippen LogP contribution in [0.3, 0.4) is 0 Å². The fourth-order valence-electron chi connectivity index (χ4n) is 2.82. The van der Waals surface area contributed by atoms with Crippen molar-refractivity contribution >= 4 is 45.4 Å². The van der Waals surface area contributed by atoms with Crippen LogP contribution in [-0.4, -0.2) is 26.1 Å². The first-order chi connectivity index (χ1) is 13.1. The van der Waals surface area contributed by atoms with Gasteiger partial charge in [0.1, 0.15) is 0 Å². The summed E-state index contributed by atoms with van der Waals surface area (Å²) < 4.78 is 0. The van der Waals surface area contributed by atoms with Crippen molar-refractivity contribution < 1.29 is 4.79 Å². The molecule has 0 fully saturated rings. The number of aromatic nitrogens is 4. The van der Waals surface area contributed by atoms with Crippen LogP contribution in [0.5, 0.6) is 0 Å². The predicted octanol–water partition coefficient (Wildman–Crippen LogP) is 4.52. The number of nitrogens with one attached hydrogen (secondary N) is 2. The molecule has 2 N–H and O–H groups in total. The summed E-state index contributed by atoms with van der Waals surface area (Å²) in [6, 6.07) is 11.9. The maximum atomic E-state index is 11.2.